The Hall–Kier alpha value is -2.35. The molecule has 0 atom stereocenters. The summed E-state index contributed by atoms with van der Waals surface area (Å²) in [5, 5.41) is 10.0. The predicted octanol–water partition coefficient (Wildman–Crippen LogP) is 3.15. The van der Waals surface area contributed by atoms with Gasteiger partial charge in [-0.05, 0) is 42.7 Å². The zero-order valence-electron chi connectivity index (χ0n) is 13.6. The highest BCUT2D eigenvalue weighted by molar-refractivity contribution is 7.94. The molecular weight excluding hydrogens is 334 g/mol. The number of hydrogen-bond acceptors (Lipinski definition) is 6. The summed E-state index contributed by atoms with van der Waals surface area (Å²) in [6, 6.07) is 14.1. The quantitative estimate of drug-likeness (QED) is 0.590. The number of aromatic nitrogens is 2. The average Bonchev–Trinajstić information content (AvgIpc) is 3.46. The number of fused-ring (bicyclic) bond motifs is 1. The molecule has 128 valence electrons. The Labute approximate surface area is 149 Å². The molecular formula is C18H19N5OS. The first-order valence-corrected chi connectivity index (χ1v) is 9.04. The molecule has 0 saturated heterocycles. The Bertz CT molecular complexity index is 936. The van der Waals surface area contributed by atoms with Crippen LogP contribution in [-0.4, -0.2) is 20.3 Å². The van der Waals surface area contributed by atoms with Gasteiger partial charge in [-0.3, -0.25) is 9.93 Å². The van der Waals surface area contributed by atoms with Gasteiger partial charge in [0, 0.05) is 48.1 Å². The third kappa shape index (κ3) is 3.68. The van der Waals surface area contributed by atoms with Crippen molar-refractivity contribution in [2.24, 2.45) is 5.14 Å². The number of aromatic amines is 1. The van der Waals surface area contributed by atoms with Gasteiger partial charge in [0.15, 0.2) is 0 Å². The fraction of sp³-hybridized carbons (Fsp3) is 0.222. The summed E-state index contributed by atoms with van der Waals surface area (Å²) in [7, 11) is 0. The summed E-state index contributed by atoms with van der Waals surface area (Å²) >= 11 is 1.33. The number of nitrogens with zero attached hydrogens (tertiary/aromatic N) is 2. The van der Waals surface area contributed by atoms with Crippen LogP contribution in [-0.2, 0) is 6.54 Å². The van der Waals surface area contributed by atoms with E-state index in [-0.39, 0.29) is 5.56 Å². The lowest BCUT2D eigenvalue weighted by Crippen LogP contribution is -2.19. The maximum atomic E-state index is 11.4. The highest BCUT2D eigenvalue weighted by Gasteiger charge is 2.28. The van der Waals surface area contributed by atoms with E-state index >= 15 is 0 Å². The van der Waals surface area contributed by atoms with Crippen LogP contribution in [0.3, 0.4) is 0 Å². The molecule has 2 heterocycles. The van der Waals surface area contributed by atoms with Gasteiger partial charge in [0.25, 0.3) is 0 Å². The highest BCUT2D eigenvalue weighted by Crippen LogP contribution is 2.32. The smallest absolute Gasteiger partial charge is 0.249 e. The van der Waals surface area contributed by atoms with Crippen molar-refractivity contribution in [2.45, 2.75) is 25.4 Å². The van der Waals surface area contributed by atoms with Crippen LogP contribution in [0.4, 0.5) is 11.4 Å². The molecule has 0 amide bonds. The Kier molecular flexibility index (Phi) is 4.44. The molecule has 25 heavy (non-hydrogen) atoms. The van der Waals surface area contributed by atoms with Crippen LogP contribution in [0.5, 0.6) is 0 Å². The van der Waals surface area contributed by atoms with Gasteiger partial charge < -0.3 is 10.3 Å². The molecule has 4 N–H and O–H groups in total. The SMILES string of the molecule is NSN(Cc1ccc(Nc2ccnc3[nH]c(=O)ccc23)cc1)C1CC1. The maximum Gasteiger partial charge on any atom is 0.249 e. The molecule has 3 aromatic rings. The van der Waals surface area contributed by atoms with Crippen LogP contribution in [0.1, 0.15) is 18.4 Å². The van der Waals surface area contributed by atoms with Crippen LogP contribution >= 0.6 is 12.1 Å². The first-order chi connectivity index (χ1) is 12.2. The average molecular weight is 353 g/mol. The van der Waals surface area contributed by atoms with Gasteiger partial charge in [0.1, 0.15) is 5.65 Å². The molecule has 1 fully saturated rings. The molecule has 1 aliphatic rings. The molecule has 0 aliphatic heterocycles. The summed E-state index contributed by atoms with van der Waals surface area (Å²) in [6.07, 6.45) is 4.16. The number of hydrogen-bond donors (Lipinski definition) is 3. The minimum absolute atomic E-state index is 0.153. The number of pyridine rings is 2. The van der Waals surface area contributed by atoms with Crippen molar-refractivity contribution < 1.29 is 0 Å². The second-order valence-corrected chi connectivity index (χ2v) is 6.86. The van der Waals surface area contributed by atoms with Crippen LogP contribution in [0.2, 0.25) is 0 Å². The van der Waals surface area contributed by atoms with E-state index in [0.29, 0.717) is 11.7 Å². The third-order valence-corrected chi connectivity index (χ3v) is 4.99. The molecule has 6 nitrogen and oxygen atoms in total. The van der Waals surface area contributed by atoms with Gasteiger partial charge in [-0.25, -0.2) is 9.29 Å². The van der Waals surface area contributed by atoms with Crippen molar-refractivity contribution >= 4 is 34.5 Å². The van der Waals surface area contributed by atoms with Gasteiger partial charge in [0.2, 0.25) is 5.56 Å². The van der Waals surface area contributed by atoms with Crippen molar-refractivity contribution in [3.8, 4) is 0 Å². The highest BCUT2D eigenvalue weighted by atomic mass is 32.2. The molecule has 1 saturated carbocycles. The first-order valence-electron chi connectivity index (χ1n) is 8.20. The van der Waals surface area contributed by atoms with Crippen LogP contribution in [0.25, 0.3) is 11.0 Å². The van der Waals surface area contributed by atoms with Crippen molar-refractivity contribution in [1.29, 1.82) is 0 Å². The summed E-state index contributed by atoms with van der Waals surface area (Å²) < 4.78 is 2.23. The van der Waals surface area contributed by atoms with Crippen LogP contribution in [0.15, 0.2) is 53.5 Å². The van der Waals surface area contributed by atoms with Crippen molar-refractivity contribution in [1.82, 2.24) is 14.3 Å². The van der Waals surface area contributed by atoms with E-state index in [9.17, 15) is 4.79 Å². The summed E-state index contributed by atoms with van der Waals surface area (Å²) in [5.41, 5.74) is 3.56. The zero-order valence-corrected chi connectivity index (χ0v) is 14.4. The van der Waals surface area contributed by atoms with E-state index in [1.54, 1.807) is 12.3 Å². The van der Waals surface area contributed by atoms with E-state index in [0.717, 1.165) is 23.3 Å². The van der Waals surface area contributed by atoms with E-state index in [1.165, 1.54) is 36.6 Å². The number of benzene rings is 1. The lowest BCUT2D eigenvalue weighted by atomic mass is 10.2. The van der Waals surface area contributed by atoms with Crippen LogP contribution in [0, 0.1) is 0 Å². The Morgan fingerprint density at radius 2 is 2.00 bits per heavy atom. The normalized spacial score (nSPS) is 14.2. The molecule has 4 rings (SSSR count). The molecule has 2 aromatic heterocycles. The topological polar surface area (TPSA) is 87.0 Å². The van der Waals surface area contributed by atoms with Gasteiger partial charge in [-0.1, -0.05) is 12.1 Å². The summed E-state index contributed by atoms with van der Waals surface area (Å²) in [6.45, 7) is 0.853. The minimum Gasteiger partial charge on any atom is -0.355 e. The van der Waals surface area contributed by atoms with Gasteiger partial charge >= 0.3 is 0 Å². The van der Waals surface area contributed by atoms with E-state index in [2.05, 4.69) is 43.9 Å². The Balaban J connectivity index is 1.52. The first kappa shape index (κ1) is 16.1. The van der Waals surface area contributed by atoms with Crippen LogP contribution < -0.4 is 16.0 Å². The second kappa shape index (κ2) is 6.87. The van der Waals surface area contributed by atoms with E-state index in [1.807, 2.05) is 6.07 Å². The molecule has 0 radical (unpaired) electrons. The third-order valence-electron chi connectivity index (χ3n) is 4.29. The number of nitrogens with one attached hydrogen (secondary N) is 2. The lowest BCUT2D eigenvalue weighted by Gasteiger charge is -2.18. The molecule has 1 aromatic carbocycles. The van der Waals surface area contributed by atoms with Gasteiger partial charge in [0.05, 0.1) is 5.69 Å². The standard InChI is InChI=1S/C18H19N5OS/c19-25-23(14-5-6-14)11-12-1-3-13(4-2-12)21-16-9-10-20-18-15(16)7-8-17(24)22-18/h1-4,7-10,14H,5-6,11,19H2,(H2,20,21,22,24). The number of nitrogens with two attached hydrogens (primary N) is 1. The predicted molar refractivity (Wildman–Crippen MR) is 102 cm³/mol. The Morgan fingerprint density at radius 1 is 1.20 bits per heavy atom. The number of H-pyrrole nitrogens is 1. The molecule has 7 heteroatoms. The van der Waals surface area contributed by atoms with Crippen molar-refractivity contribution in [2.75, 3.05) is 5.32 Å². The zero-order chi connectivity index (χ0) is 17.2. The summed E-state index contributed by atoms with van der Waals surface area (Å²) in [5.74, 6) is 0. The fourth-order valence-electron chi connectivity index (χ4n) is 2.81. The van der Waals surface area contributed by atoms with E-state index < -0.39 is 0 Å². The minimum atomic E-state index is -0.153. The number of anilines is 2. The van der Waals surface area contributed by atoms with Gasteiger partial charge in [-0.2, -0.15) is 0 Å². The molecule has 1 aliphatic carbocycles. The maximum absolute atomic E-state index is 11.4. The monoisotopic (exact) mass is 353 g/mol. The van der Waals surface area contributed by atoms with E-state index in [4.69, 9.17) is 5.14 Å². The lowest BCUT2D eigenvalue weighted by molar-refractivity contribution is 0.458. The largest absolute Gasteiger partial charge is 0.355 e. The second-order valence-electron chi connectivity index (χ2n) is 6.18. The van der Waals surface area contributed by atoms with Gasteiger partial charge in [-0.15, -0.1) is 0 Å². The summed E-state index contributed by atoms with van der Waals surface area (Å²) in [4.78, 5) is 18.4. The van der Waals surface area contributed by atoms with Crippen molar-refractivity contribution in [3.05, 3.63) is 64.6 Å². The molecule has 0 spiro atoms. The molecule has 0 bridgehead atoms. The van der Waals surface area contributed by atoms with Crippen molar-refractivity contribution in [3.63, 3.8) is 0 Å². The number of rotatable bonds is 6. The Morgan fingerprint density at radius 3 is 2.72 bits per heavy atom. The fourth-order valence-corrected chi connectivity index (χ4v) is 3.42. The molecule has 0 unspecified atom stereocenters.